The van der Waals surface area contributed by atoms with E-state index in [1.807, 2.05) is 0 Å². The molecule has 0 aliphatic heterocycles. The highest BCUT2D eigenvalue weighted by atomic mass is 16.3. The van der Waals surface area contributed by atoms with Crippen LogP contribution in [-0.2, 0) is 13.1 Å². The zero-order valence-electron chi connectivity index (χ0n) is 10.7. The quantitative estimate of drug-likeness (QED) is 0.786. The monoisotopic (exact) mass is 265 g/mol. The number of hydrogen-bond donors (Lipinski definition) is 2. The van der Waals surface area contributed by atoms with Crippen molar-refractivity contribution in [3.05, 3.63) is 38.8 Å². The van der Waals surface area contributed by atoms with Crippen LogP contribution in [0.2, 0.25) is 0 Å². The molecule has 2 rings (SSSR count). The maximum atomic E-state index is 11.7. The Balaban J connectivity index is 2.37. The van der Waals surface area contributed by atoms with Gasteiger partial charge < -0.3 is 5.11 Å². The highest BCUT2D eigenvalue weighted by molar-refractivity contribution is 5.25. The van der Waals surface area contributed by atoms with Gasteiger partial charge in [0.1, 0.15) is 0 Å². The Morgan fingerprint density at radius 2 is 2.11 bits per heavy atom. The minimum Gasteiger partial charge on any atom is -0.494 e. The minimum atomic E-state index is -0.632. The van der Waals surface area contributed by atoms with Crippen LogP contribution in [0.1, 0.15) is 25.3 Å². The van der Waals surface area contributed by atoms with E-state index >= 15 is 0 Å². The molecule has 0 unspecified atom stereocenters. The second-order valence-corrected chi connectivity index (χ2v) is 4.47. The fourth-order valence-corrected chi connectivity index (χ4v) is 1.86. The summed E-state index contributed by atoms with van der Waals surface area (Å²) in [6, 6.07) is 0. The molecule has 102 valence electrons. The number of aromatic amines is 1. The molecule has 0 saturated carbocycles. The molecular formula is C11H15N5O3. The highest BCUT2D eigenvalue weighted by Gasteiger charge is 2.16. The molecule has 2 aromatic rings. The Hall–Kier alpha value is -2.38. The molecule has 0 aliphatic carbocycles. The molecular weight excluding hydrogens is 250 g/mol. The molecule has 0 aromatic carbocycles. The van der Waals surface area contributed by atoms with Gasteiger partial charge in [-0.2, -0.15) is 0 Å². The van der Waals surface area contributed by atoms with Gasteiger partial charge in [-0.25, -0.2) is 4.79 Å². The summed E-state index contributed by atoms with van der Waals surface area (Å²) in [4.78, 5) is 25.5. The number of aryl methyl sites for hydroxylation is 1. The number of H-pyrrole nitrogens is 1. The first-order valence-corrected chi connectivity index (χ1v) is 5.90. The van der Waals surface area contributed by atoms with E-state index in [4.69, 9.17) is 0 Å². The first-order chi connectivity index (χ1) is 9.00. The lowest BCUT2D eigenvalue weighted by atomic mass is 10.1. The fraction of sp³-hybridized carbons (Fsp3) is 0.455. The number of rotatable bonds is 4. The third-order valence-electron chi connectivity index (χ3n) is 2.81. The van der Waals surface area contributed by atoms with E-state index in [2.05, 4.69) is 15.3 Å². The molecule has 0 atom stereocenters. The highest BCUT2D eigenvalue weighted by Crippen LogP contribution is 2.19. The fourth-order valence-electron chi connectivity index (χ4n) is 1.86. The lowest BCUT2D eigenvalue weighted by Gasteiger charge is -2.12. The normalized spacial score (nSPS) is 11.1. The van der Waals surface area contributed by atoms with Gasteiger partial charge in [-0.1, -0.05) is 19.1 Å². The number of aromatic hydroxyl groups is 1. The molecule has 2 N–H and O–H groups in total. The molecule has 8 nitrogen and oxygen atoms in total. The molecule has 2 heterocycles. The van der Waals surface area contributed by atoms with Crippen LogP contribution in [0.15, 0.2) is 22.0 Å². The average molecular weight is 265 g/mol. The Morgan fingerprint density at radius 3 is 2.68 bits per heavy atom. The van der Waals surface area contributed by atoms with Crippen molar-refractivity contribution in [2.45, 2.75) is 32.9 Å². The Labute approximate surface area is 108 Å². The first-order valence-electron chi connectivity index (χ1n) is 5.90. The van der Waals surface area contributed by atoms with Crippen LogP contribution in [0.5, 0.6) is 5.88 Å². The first kappa shape index (κ1) is 13.1. The van der Waals surface area contributed by atoms with Gasteiger partial charge in [0.25, 0.3) is 5.56 Å². The third-order valence-corrected chi connectivity index (χ3v) is 2.81. The summed E-state index contributed by atoms with van der Waals surface area (Å²) in [5.74, 6) is -0.467. The summed E-state index contributed by atoms with van der Waals surface area (Å²) in [5, 5.41) is 17.5. The molecule has 0 saturated heterocycles. The summed E-state index contributed by atoms with van der Waals surface area (Å²) >= 11 is 0. The summed E-state index contributed by atoms with van der Waals surface area (Å²) in [6.07, 6.45) is 3.17. The zero-order chi connectivity index (χ0) is 14.0. The average Bonchev–Trinajstić information content (AvgIpc) is 2.80. The van der Waals surface area contributed by atoms with Crippen molar-refractivity contribution in [3.63, 3.8) is 0 Å². The summed E-state index contributed by atoms with van der Waals surface area (Å²) < 4.78 is 2.66. The van der Waals surface area contributed by atoms with Crippen molar-refractivity contribution >= 4 is 0 Å². The van der Waals surface area contributed by atoms with E-state index in [-0.39, 0.29) is 23.9 Å². The predicted molar refractivity (Wildman–Crippen MR) is 67.1 cm³/mol. The maximum Gasteiger partial charge on any atom is 0.331 e. The van der Waals surface area contributed by atoms with Crippen molar-refractivity contribution in [3.8, 4) is 5.88 Å². The van der Waals surface area contributed by atoms with E-state index in [1.54, 1.807) is 20.0 Å². The van der Waals surface area contributed by atoms with Gasteiger partial charge >= 0.3 is 5.69 Å². The van der Waals surface area contributed by atoms with E-state index in [9.17, 15) is 14.7 Å². The number of aromatic nitrogens is 5. The molecule has 2 aromatic heterocycles. The molecule has 0 spiro atoms. The number of hydrogen-bond acceptors (Lipinski definition) is 5. The van der Waals surface area contributed by atoms with Gasteiger partial charge in [0.05, 0.1) is 24.8 Å². The van der Waals surface area contributed by atoms with Crippen molar-refractivity contribution in [1.82, 2.24) is 24.5 Å². The lowest BCUT2D eigenvalue weighted by Crippen LogP contribution is -2.33. The SMILES string of the molecule is CC(C)c1c(O)n(CCn2ccnn2)c(=O)[nH]c1=O. The second kappa shape index (κ2) is 5.09. The Bertz CT molecular complexity index is 669. The van der Waals surface area contributed by atoms with Crippen molar-refractivity contribution in [1.29, 1.82) is 0 Å². The van der Waals surface area contributed by atoms with Crippen LogP contribution in [-0.4, -0.2) is 29.7 Å². The van der Waals surface area contributed by atoms with Gasteiger partial charge in [-0.3, -0.25) is 19.0 Å². The number of nitrogens with zero attached hydrogens (tertiary/aromatic N) is 4. The summed E-state index contributed by atoms with van der Waals surface area (Å²) in [5.41, 5.74) is -0.972. The van der Waals surface area contributed by atoms with Crippen LogP contribution >= 0.6 is 0 Å². The maximum absolute atomic E-state index is 11.7. The van der Waals surface area contributed by atoms with E-state index in [1.165, 1.54) is 10.9 Å². The van der Waals surface area contributed by atoms with E-state index in [0.29, 0.717) is 6.54 Å². The van der Waals surface area contributed by atoms with E-state index < -0.39 is 11.2 Å². The Morgan fingerprint density at radius 1 is 1.37 bits per heavy atom. The molecule has 8 heteroatoms. The molecule has 0 aliphatic rings. The van der Waals surface area contributed by atoms with Gasteiger partial charge in [0, 0.05) is 6.20 Å². The predicted octanol–water partition coefficient (Wildman–Crippen LogP) is -0.343. The van der Waals surface area contributed by atoms with Gasteiger partial charge in [-0.15, -0.1) is 5.10 Å². The standard InChI is InChI=1S/C11H15N5O3/c1-7(2)8-9(17)13-11(19)16(10(8)18)6-5-15-4-3-12-14-15/h3-4,7,18H,5-6H2,1-2H3,(H,13,17,19). The smallest absolute Gasteiger partial charge is 0.331 e. The molecule has 0 amide bonds. The molecule has 0 fully saturated rings. The minimum absolute atomic E-state index is 0.179. The van der Waals surface area contributed by atoms with Crippen LogP contribution in [0.3, 0.4) is 0 Å². The van der Waals surface area contributed by atoms with Crippen LogP contribution < -0.4 is 11.2 Å². The van der Waals surface area contributed by atoms with Gasteiger partial charge in [0.2, 0.25) is 5.88 Å². The van der Waals surface area contributed by atoms with Crippen LogP contribution in [0, 0.1) is 0 Å². The number of nitrogens with one attached hydrogen (secondary N) is 1. The Kier molecular flexibility index (Phi) is 3.50. The van der Waals surface area contributed by atoms with Gasteiger partial charge in [0.15, 0.2) is 0 Å². The van der Waals surface area contributed by atoms with Crippen molar-refractivity contribution in [2.75, 3.05) is 0 Å². The third kappa shape index (κ3) is 2.56. The zero-order valence-corrected chi connectivity index (χ0v) is 10.7. The molecule has 19 heavy (non-hydrogen) atoms. The second-order valence-electron chi connectivity index (χ2n) is 4.47. The largest absolute Gasteiger partial charge is 0.494 e. The van der Waals surface area contributed by atoms with E-state index in [0.717, 1.165) is 4.57 Å². The molecule has 0 radical (unpaired) electrons. The lowest BCUT2D eigenvalue weighted by molar-refractivity contribution is 0.375. The van der Waals surface area contributed by atoms with Crippen molar-refractivity contribution in [2.24, 2.45) is 0 Å². The summed E-state index contributed by atoms with van der Waals surface area (Å²) in [7, 11) is 0. The summed E-state index contributed by atoms with van der Waals surface area (Å²) in [6.45, 7) is 4.12. The van der Waals surface area contributed by atoms with Gasteiger partial charge in [-0.05, 0) is 5.92 Å². The topological polar surface area (TPSA) is 106 Å². The van der Waals surface area contributed by atoms with Crippen molar-refractivity contribution < 1.29 is 5.11 Å². The molecule has 0 bridgehead atoms. The van der Waals surface area contributed by atoms with Crippen LogP contribution in [0.25, 0.3) is 0 Å². The van der Waals surface area contributed by atoms with Crippen LogP contribution in [0.4, 0.5) is 0 Å².